The monoisotopic (exact) mass is 283 g/mol. The highest BCUT2D eigenvalue weighted by molar-refractivity contribution is 5.74. The Morgan fingerprint density at radius 1 is 1.50 bits per heavy atom. The Morgan fingerprint density at radius 3 is 2.85 bits per heavy atom. The van der Waals surface area contributed by atoms with Crippen molar-refractivity contribution in [3.05, 3.63) is 29.6 Å². The average Bonchev–Trinajstić information content (AvgIpc) is 3.22. The molecule has 0 aliphatic heterocycles. The normalized spacial score (nSPS) is 16.0. The van der Waals surface area contributed by atoms with Crippen LogP contribution in [0.1, 0.15) is 24.0 Å². The Balaban J connectivity index is 1.73. The molecule has 0 saturated heterocycles. The molecule has 1 atom stereocenters. The van der Waals surface area contributed by atoms with E-state index in [9.17, 15) is 13.6 Å². The number of aryl methyl sites for hydroxylation is 1. The highest BCUT2D eigenvalue weighted by Crippen LogP contribution is 2.35. The Hall–Kier alpha value is -1.72. The van der Waals surface area contributed by atoms with Crippen LogP contribution in [0.25, 0.3) is 0 Å². The summed E-state index contributed by atoms with van der Waals surface area (Å²) in [5.41, 5.74) is 2.14. The van der Waals surface area contributed by atoms with E-state index in [1.54, 1.807) is 12.4 Å². The second-order valence-electron chi connectivity index (χ2n) is 5.15. The molecule has 2 amide bonds. The Bertz CT molecular complexity index is 461. The van der Waals surface area contributed by atoms with Gasteiger partial charge in [0.2, 0.25) is 0 Å². The van der Waals surface area contributed by atoms with Crippen LogP contribution in [0.3, 0.4) is 0 Å². The van der Waals surface area contributed by atoms with E-state index >= 15 is 0 Å². The maximum absolute atomic E-state index is 12.7. The van der Waals surface area contributed by atoms with Gasteiger partial charge in [-0.15, -0.1) is 0 Å². The number of halogens is 2. The van der Waals surface area contributed by atoms with Crippen LogP contribution in [0.2, 0.25) is 0 Å². The minimum atomic E-state index is -2.50. The summed E-state index contributed by atoms with van der Waals surface area (Å²) in [6.07, 6.45) is 3.15. The molecular formula is C14H19F2N3O. The molecule has 0 aromatic carbocycles. The number of urea groups is 1. The lowest BCUT2D eigenvalue weighted by Crippen LogP contribution is -2.47. The van der Waals surface area contributed by atoms with E-state index in [-0.39, 0.29) is 5.92 Å². The van der Waals surface area contributed by atoms with Crippen molar-refractivity contribution in [1.29, 1.82) is 0 Å². The molecule has 1 fully saturated rings. The first-order valence-corrected chi connectivity index (χ1v) is 6.80. The Labute approximate surface area is 117 Å². The van der Waals surface area contributed by atoms with Gasteiger partial charge >= 0.3 is 6.03 Å². The van der Waals surface area contributed by atoms with E-state index in [0.29, 0.717) is 13.0 Å². The second kappa shape index (κ2) is 6.63. The summed E-state index contributed by atoms with van der Waals surface area (Å²) < 4.78 is 25.5. The van der Waals surface area contributed by atoms with E-state index in [1.165, 1.54) is 0 Å². The highest BCUT2D eigenvalue weighted by atomic mass is 19.3. The average molecular weight is 283 g/mol. The minimum absolute atomic E-state index is 0.0665. The Morgan fingerprint density at radius 2 is 2.25 bits per heavy atom. The van der Waals surface area contributed by atoms with Crippen LogP contribution in [0.5, 0.6) is 0 Å². The summed E-state index contributed by atoms with van der Waals surface area (Å²) in [5.74, 6) is -0.0665. The van der Waals surface area contributed by atoms with Gasteiger partial charge in [-0.3, -0.25) is 4.98 Å². The first-order valence-electron chi connectivity index (χ1n) is 6.80. The fourth-order valence-corrected chi connectivity index (χ4v) is 2.14. The number of hydrogen-bond acceptors (Lipinski definition) is 2. The zero-order valence-electron chi connectivity index (χ0n) is 11.4. The maximum atomic E-state index is 12.7. The predicted octanol–water partition coefficient (Wildman–Crippen LogP) is 2.28. The fraction of sp³-hybridized carbons (Fsp3) is 0.571. The summed E-state index contributed by atoms with van der Waals surface area (Å²) >= 11 is 0. The number of pyridine rings is 1. The third-order valence-corrected chi connectivity index (χ3v) is 3.52. The number of nitrogens with one attached hydrogen (secondary N) is 2. The summed E-state index contributed by atoms with van der Waals surface area (Å²) in [5, 5.41) is 4.99. The molecule has 1 aliphatic rings. The molecule has 0 spiro atoms. The largest absolute Gasteiger partial charge is 0.338 e. The molecule has 0 bridgehead atoms. The lowest BCUT2D eigenvalue weighted by Gasteiger charge is -2.17. The van der Waals surface area contributed by atoms with Crippen LogP contribution >= 0.6 is 0 Å². The number of amides is 2. The van der Waals surface area contributed by atoms with Gasteiger partial charge in [0.25, 0.3) is 6.43 Å². The first kappa shape index (κ1) is 14.7. The van der Waals surface area contributed by atoms with Gasteiger partial charge in [0.05, 0.1) is 6.04 Å². The van der Waals surface area contributed by atoms with Crippen LogP contribution in [-0.4, -0.2) is 30.0 Å². The lowest BCUT2D eigenvalue weighted by atomic mass is 10.1. The topological polar surface area (TPSA) is 54.0 Å². The lowest BCUT2D eigenvalue weighted by molar-refractivity contribution is 0.0916. The van der Waals surface area contributed by atoms with Crippen LogP contribution in [0.4, 0.5) is 13.6 Å². The summed E-state index contributed by atoms with van der Waals surface area (Å²) in [7, 11) is 0. The zero-order chi connectivity index (χ0) is 14.5. The molecule has 1 aromatic heterocycles. The smallest absolute Gasteiger partial charge is 0.315 e. The van der Waals surface area contributed by atoms with Gasteiger partial charge in [0.1, 0.15) is 0 Å². The molecule has 1 heterocycles. The van der Waals surface area contributed by atoms with Gasteiger partial charge < -0.3 is 10.6 Å². The standard InChI is InChI=1S/C14H19F2N3O/c1-9-8-17-6-4-10(9)5-7-18-14(20)19-12(13(15)16)11-2-3-11/h4,6,8,11-13H,2-3,5,7H2,1H3,(H2,18,19,20)/t12-/m1/s1. The number of alkyl halides is 2. The van der Waals surface area contributed by atoms with Crippen molar-refractivity contribution in [2.45, 2.75) is 38.7 Å². The van der Waals surface area contributed by atoms with Crippen molar-refractivity contribution in [1.82, 2.24) is 15.6 Å². The summed E-state index contributed by atoms with van der Waals surface area (Å²) in [4.78, 5) is 15.6. The van der Waals surface area contributed by atoms with Crippen molar-refractivity contribution in [3.63, 3.8) is 0 Å². The zero-order valence-corrected chi connectivity index (χ0v) is 11.4. The van der Waals surface area contributed by atoms with E-state index in [2.05, 4.69) is 15.6 Å². The first-order chi connectivity index (χ1) is 9.58. The van der Waals surface area contributed by atoms with Crippen LogP contribution < -0.4 is 10.6 Å². The van der Waals surface area contributed by atoms with Crippen molar-refractivity contribution >= 4 is 6.03 Å². The van der Waals surface area contributed by atoms with Crippen molar-refractivity contribution in [2.24, 2.45) is 5.92 Å². The molecule has 1 aliphatic carbocycles. The number of nitrogens with zero attached hydrogens (tertiary/aromatic N) is 1. The fourth-order valence-electron chi connectivity index (χ4n) is 2.14. The molecule has 4 nitrogen and oxygen atoms in total. The van der Waals surface area contributed by atoms with Gasteiger partial charge in [0.15, 0.2) is 0 Å². The third kappa shape index (κ3) is 4.15. The van der Waals surface area contributed by atoms with E-state index in [0.717, 1.165) is 24.0 Å². The van der Waals surface area contributed by atoms with Gasteiger partial charge in [-0.1, -0.05) is 0 Å². The number of hydrogen-bond donors (Lipinski definition) is 2. The molecule has 2 rings (SSSR count). The maximum Gasteiger partial charge on any atom is 0.315 e. The molecule has 0 radical (unpaired) electrons. The summed E-state index contributed by atoms with van der Waals surface area (Å²) in [6, 6.07) is 0.354. The van der Waals surface area contributed by atoms with Crippen molar-refractivity contribution in [2.75, 3.05) is 6.54 Å². The summed E-state index contributed by atoms with van der Waals surface area (Å²) in [6.45, 7) is 2.36. The molecular weight excluding hydrogens is 264 g/mol. The quantitative estimate of drug-likeness (QED) is 0.841. The number of carbonyl (C=O) groups is 1. The highest BCUT2D eigenvalue weighted by Gasteiger charge is 2.38. The van der Waals surface area contributed by atoms with Crippen molar-refractivity contribution in [3.8, 4) is 0 Å². The molecule has 1 saturated carbocycles. The van der Waals surface area contributed by atoms with E-state index < -0.39 is 18.5 Å². The van der Waals surface area contributed by atoms with Gasteiger partial charge in [-0.2, -0.15) is 0 Å². The minimum Gasteiger partial charge on any atom is -0.338 e. The van der Waals surface area contributed by atoms with Crippen LogP contribution in [-0.2, 0) is 6.42 Å². The molecule has 1 aromatic rings. The molecule has 20 heavy (non-hydrogen) atoms. The van der Waals surface area contributed by atoms with Crippen LogP contribution in [0.15, 0.2) is 18.5 Å². The van der Waals surface area contributed by atoms with Crippen molar-refractivity contribution < 1.29 is 13.6 Å². The van der Waals surface area contributed by atoms with Crippen LogP contribution in [0, 0.1) is 12.8 Å². The molecule has 6 heteroatoms. The van der Waals surface area contributed by atoms with Gasteiger partial charge in [-0.05, 0) is 49.3 Å². The number of carbonyl (C=O) groups excluding carboxylic acids is 1. The molecule has 110 valence electrons. The SMILES string of the molecule is Cc1cnccc1CCNC(=O)N[C@@H](C(F)F)C1CC1. The van der Waals surface area contributed by atoms with Gasteiger partial charge in [0, 0.05) is 18.9 Å². The molecule has 2 N–H and O–H groups in total. The Kier molecular flexibility index (Phi) is 4.87. The number of aromatic nitrogens is 1. The third-order valence-electron chi connectivity index (χ3n) is 3.52. The predicted molar refractivity (Wildman–Crippen MR) is 71.7 cm³/mol. The van der Waals surface area contributed by atoms with Gasteiger partial charge in [-0.25, -0.2) is 13.6 Å². The van der Waals surface area contributed by atoms with E-state index in [4.69, 9.17) is 0 Å². The second-order valence-corrected chi connectivity index (χ2v) is 5.15. The number of rotatable bonds is 6. The molecule has 0 unspecified atom stereocenters. The van der Waals surface area contributed by atoms with E-state index in [1.807, 2.05) is 13.0 Å².